The molecule has 1 unspecified atom stereocenters. The van der Waals surface area contributed by atoms with Crippen LogP contribution in [0.4, 0.5) is 0 Å². The molecule has 0 fully saturated rings. The number of rotatable bonds is 5. The van der Waals surface area contributed by atoms with Gasteiger partial charge in [-0.25, -0.2) is 4.98 Å². The van der Waals surface area contributed by atoms with Gasteiger partial charge < -0.3 is 10.4 Å². The van der Waals surface area contributed by atoms with Gasteiger partial charge in [0, 0.05) is 12.7 Å². The highest BCUT2D eigenvalue weighted by Gasteiger charge is 2.09. The van der Waals surface area contributed by atoms with Gasteiger partial charge >= 0.3 is 0 Å². The van der Waals surface area contributed by atoms with Crippen LogP contribution in [0.15, 0.2) is 18.3 Å². The second-order valence-electron chi connectivity index (χ2n) is 3.59. The predicted molar refractivity (Wildman–Crippen MR) is 62.5 cm³/mol. The molecule has 1 aromatic rings. The molecule has 0 bridgehead atoms. The zero-order valence-corrected chi connectivity index (χ0v) is 9.87. The summed E-state index contributed by atoms with van der Waals surface area (Å²) in [7, 11) is 0. The molecule has 1 aromatic heterocycles. The summed E-state index contributed by atoms with van der Waals surface area (Å²) in [5, 5.41) is 12.0. The second kappa shape index (κ2) is 6.45. The number of nitrogens with one attached hydrogen (secondary N) is 1. The van der Waals surface area contributed by atoms with Gasteiger partial charge in [0.2, 0.25) is 0 Å². The Labute approximate surface area is 99.6 Å². The minimum atomic E-state index is -0.334. The van der Waals surface area contributed by atoms with E-state index in [0.717, 1.165) is 6.42 Å². The summed E-state index contributed by atoms with van der Waals surface area (Å²) in [6.45, 7) is 2.24. The Morgan fingerprint density at radius 3 is 3.06 bits per heavy atom. The van der Waals surface area contributed by atoms with Gasteiger partial charge in [-0.15, -0.1) is 0 Å². The van der Waals surface area contributed by atoms with Gasteiger partial charge in [0.05, 0.1) is 11.7 Å². The molecule has 0 aliphatic carbocycles. The van der Waals surface area contributed by atoms with E-state index in [0.29, 0.717) is 18.5 Å². The highest BCUT2D eigenvalue weighted by atomic mass is 35.5. The van der Waals surface area contributed by atoms with Gasteiger partial charge in [-0.3, -0.25) is 4.79 Å². The lowest BCUT2D eigenvalue weighted by Gasteiger charge is -2.07. The Hall–Kier alpha value is -1.13. The number of hydrogen-bond donors (Lipinski definition) is 2. The van der Waals surface area contributed by atoms with Crippen molar-refractivity contribution in [2.45, 2.75) is 25.9 Å². The van der Waals surface area contributed by atoms with Crippen LogP contribution >= 0.6 is 11.6 Å². The van der Waals surface area contributed by atoms with E-state index in [-0.39, 0.29) is 17.2 Å². The molecule has 0 aliphatic rings. The smallest absolute Gasteiger partial charge is 0.254 e. The first-order valence-electron chi connectivity index (χ1n) is 5.18. The van der Waals surface area contributed by atoms with E-state index in [9.17, 15) is 4.79 Å². The van der Waals surface area contributed by atoms with Crippen molar-refractivity contribution in [1.82, 2.24) is 10.3 Å². The fourth-order valence-electron chi connectivity index (χ4n) is 1.25. The van der Waals surface area contributed by atoms with Crippen LogP contribution in [0.2, 0.25) is 5.15 Å². The molecule has 0 radical (unpaired) electrons. The zero-order chi connectivity index (χ0) is 12.0. The van der Waals surface area contributed by atoms with Gasteiger partial charge in [-0.05, 0) is 31.9 Å². The highest BCUT2D eigenvalue weighted by Crippen LogP contribution is 2.10. The van der Waals surface area contributed by atoms with Crippen LogP contribution < -0.4 is 5.32 Å². The molecule has 2 N–H and O–H groups in total. The van der Waals surface area contributed by atoms with E-state index in [2.05, 4.69) is 10.3 Å². The van der Waals surface area contributed by atoms with Gasteiger partial charge in [-0.1, -0.05) is 11.6 Å². The summed E-state index contributed by atoms with van der Waals surface area (Å²) >= 11 is 5.77. The van der Waals surface area contributed by atoms with E-state index in [4.69, 9.17) is 16.7 Å². The molecule has 0 spiro atoms. The first-order valence-corrected chi connectivity index (χ1v) is 5.56. The van der Waals surface area contributed by atoms with E-state index in [1.165, 1.54) is 6.20 Å². The third-order valence-corrected chi connectivity index (χ3v) is 2.39. The third kappa shape index (κ3) is 4.16. The number of amides is 1. The fourth-order valence-corrected chi connectivity index (χ4v) is 1.46. The Morgan fingerprint density at radius 1 is 1.69 bits per heavy atom. The lowest BCUT2D eigenvalue weighted by molar-refractivity contribution is 0.0949. The molecule has 0 saturated carbocycles. The summed E-state index contributed by atoms with van der Waals surface area (Å²) in [6, 6.07) is 3.29. The van der Waals surface area contributed by atoms with Crippen molar-refractivity contribution < 1.29 is 9.90 Å². The van der Waals surface area contributed by atoms with Gasteiger partial charge in [0.25, 0.3) is 5.91 Å². The average molecular weight is 243 g/mol. The summed E-state index contributed by atoms with van der Waals surface area (Å²) in [6.07, 6.45) is 2.61. The number of nitrogens with zero attached hydrogens (tertiary/aromatic N) is 1. The molecule has 16 heavy (non-hydrogen) atoms. The summed E-state index contributed by atoms with van der Waals surface area (Å²) in [5.74, 6) is -0.233. The summed E-state index contributed by atoms with van der Waals surface area (Å²) < 4.78 is 0. The molecule has 88 valence electrons. The SMILES string of the molecule is CC(O)CCCNC(=O)c1cccnc1Cl. The van der Waals surface area contributed by atoms with Crippen LogP contribution in [0.1, 0.15) is 30.1 Å². The minimum Gasteiger partial charge on any atom is -0.393 e. The highest BCUT2D eigenvalue weighted by molar-refractivity contribution is 6.32. The maximum Gasteiger partial charge on any atom is 0.254 e. The second-order valence-corrected chi connectivity index (χ2v) is 3.95. The molecule has 4 nitrogen and oxygen atoms in total. The first kappa shape index (κ1) is 12.9. The van der Waals surface area contributed by atoms with Crippen LogP contribution in [0, 0.1) is 0 Å². The number of aliphatic hydroxyl groups is 1. The average Bonchev–Trinajstić information content (AvgIpc) is 2.24. The first-order chi connectivity index (χ1) is 7.61. The van der Waals surface area contributed by atoms with Crippen LogP contribution in [0.3, 0.4) is 0 Å². The summed E-state index contributed by atoms with van der Waals surface area (Å²) in [5.41, 5.74) is 0.376. The number of carbonyl (C=O) groups is 1. The molecule has 1 heterocycles. The van der Waals surface area contributed by atoms with E-state index in [1.54, 1.807) is 19.1 Å². The Kier molecular flexibility index (Phi) is 5.22. The van der Waals surface area contributed by atoms with Crippen LogP contribution in [-0.2, 0) is 0 Å². The zero-order valence-electron chi connectivity index (χ0n) is 9.11. The number of halogens is 1. The van der Waals surface area contributed by atoms with Crippen molar-refractivity contribution in [3.63, 3.8) is 0 Å². The number of aromatic nitrogens is 1. The normalized spacial score (nSPS) is 12.2. The largest absolute Gasteiger partial charge is 0.393 e. The lowest BCUT2D eigenvalue weighted by Crippen LogP contribution is -2.25. The fraction of sp³-hybridized carbons (Fsp3) is 0.455. The van der Waals surface area contributed by atoms with Crippen molar-refractivity contribution >= 4 is 17.5 Å². The number of aliphatic hydroxyl groups excluding tert-OH is 1. The molecule has 0 saturated heterocycles. The molecule has 0 aromatic carbocycles. The molecule has 1 rings (SSSR count). The molecule has 0 aliphatic heterocycles. The third-order valence-electron chi connectivity index (χ3n) is 2.09. The summed E-state index contributed by atoms with van der Waals surface area (Å²) in [4.78, 5) is 15.4. The minimum absolute atomic E-state index is 0.204. The van der Waals surface area contributed by atoms with E-state index < -0.39 is 0 Å². The van der Waals surface area contributed by atoms with Crippen LogP contribution in [-0.4, -0.2) is 28.6 Å². The Bertz CT molecular complexity index is 356. The van der Waals surface area contributed by atoms with Crippen LogP contribution in [0.5, 0.6) is 0 Å². The Morgan fingerprint density at radius 2 is 2.44 bits per heavy atom. The molecule has 1 atom stereocenters. The number of hydrogen-bond acceptors (Lipinski definition) is 3. The molecule has 1 amide bonds. The predicted octanol–water partition coefficient (Wildman–Crippen LogP) is 1.63. The van der Waals surface area contributed by atoms with Gasteiger partial charge in [0.15, 0.2) is 0 Å². The van der Waals surface area contributed by atoms with Crippen molar-refractivity contribution in [3.8, 4) is 0 Å². The number of carbonyl (C=O) groups excluding carboxylic acids is 1. The monoisotopic (exact) mass is 242 g/mol. The van der Waals surface area contributed by atoms with Gasteiger partial charge in [-0.2, -0.15) is 0 Å². The van der Waals surface area contributed by atoms with E-state index in [1.807, 2.05) is 0 Å². The van der Waals surface area contributed by atoms with Crippen molar-refractivity contribution in [1.29, 1.82) is 0 Å². The van der Waals surface area contributed by atoms with Crippen molar-refractivity contribution in [2.24, 2.45) is 0 Å². The lowest BCUT2D eigenvalue weighted by atomic mass is 10.2. The van der Waals surface area contributed by atoms with Crippen molar-refractivity contribution in [3.05, 3.63) is 29.0 Å². The standard InChI is InChI=1S/C11H15ClN2O2/c1-8(15)4-2-7-14-11(16)9-5-3-6-13-10(9)12/h3,5-6,8,15H,2,4,7H2,1H3,(H,14,16). The number of pyridine rings is 1. The molecule has 5 heteroatoms. The quantitative estimate of drug-likeness (QED) is 0.609. The van der Waals surface area contributed by atoms with Gasteiger partial charge in [0.1, 0.15) is 5.15 Å². The topological polar surface area (TPSA) is 62.2 Å². The maximum atomic E-state index is 11.6. The van der Waals surface area contributed by atoms with E-state index >= 15 is 0 Å². The maximum absolute atomic E-state index is 11.6. The van der Waals surface area contributed by atoms with Crippen LogP contribution in [0.25, 0.3) is 0 Å². The van der Waals surface area contributed by atoms with Crippen molar-refractivity contribution in [2.75, 3.05) is 6.54 Å². The molecular weight excluding hydrogens is 228 g/mol. The molecular formula is C11H15ClN2O2. The Balaban J connectivity index is 2.39.